The molecule has 0 saturated heterocycles. The lowest BCUT2D eigenvalue weighted by atomic mass is 9.86. The molecule has 13 aromatic rings. The SMILES string of the molecule is c1ccc(-c2ccc(-c3cc(-c4cc5ccccc5cn4)ccc3-c3ccccc3-c3cc(-c4nccn4-c4ccc(-c5ccccn5)cc4)cc(-c4nccn4-c4ccc(-c5ccccn5)cc4)c3)cc2)cc1. The molecule has 5 heterocycles. The fraction of sp³-hybridized carbons (Fsp3) is 0. The molecule has 0 aliphatic heterocycles. The van der Waals surface area contributed by atoms with Crippen molar-refractivity contribution >= 4 is 10.8 Å². The van der Waals surface area contributed by atoms with Gasteiger partial charge in [-0.25, -0.2) is 9.97 Å². The number of rotatable bonds is 11. The van der Waals surface area contributed by atoms with Crippen LogP contribution in [0, 0.1) is 0 Å². The lowest BCUT2D eigenvalue weighted by Crippen LogP contribution is -2.00. The van der Waals surface area contributed by atoms with Crippen LogP contribution in [0.2, 0.25) is 0 Å². The molecule has 0 radical (unpaired) electrons. The van der Waals surface area contributed by atoms with E-state index in [4.69, 9.17) is 15.0 Å². The number of fused-ring (bicyclic) bond motifs is 1. The maximum absolute atomic E-state index is 5.05. The molecule has 0 amide bonds. The summed E-state index contributed by atoms with van der Waals surface area (Å²) in [6.07, 6.45) is 13.4. The van der Waals surface area contributed by atoms with Crippen molar-refractivity contribution in [1.29, 1.82) is 0 Å². The van der Waals surface area contributed by atoms with Crippen LogP contribution < -0.4 is 0 Å². The number of benzene rings is 8. The second kappa shape index (κ2) is 19.2. The number of hydrogen-bond donors (Lipinski definition) is 0. The lowest BCUT2D eigenvalue weighted by Gasteiger charge is -2.18. The van der Waals surface area contributed by atoms with Gasteiger partial charge in [-0.15, -0.1) is 0 Å². The van der Waals surface area contributed by atoms with Gasteiger partial charge in [0, 0.05) is 88.0 Å². The van der Waals surface area contributed by atoms with Crippen molar-refractivity contribution in [3.63, 3.8) is 0 Å². The first-order valence-electron chi connectivity index (χ1n) is 24.7. The predicted octanol–water partition coefficient (Wildman–Crippen LogP) is 16.4. The van der Waals surface area contributed by atoms with Gasteiger partial charge < -0.3 is 0 Å². The van der Waals surface area contributed by atoms with E-state index in [0.717, 1.165) is 118 Å². The summed E-state index contributed by atoms with van der Waals surface area (Å²) in [7, 11) is 0. The summed E-state index contributed by atoms with van der Waals surface area (Å²) in [5, 5.41) is 2.27. The molecule has 74 heavy (non-hydrogen) atoms. The van der Waals surface area contributed by atoms with Crippen molar-refractivity contribution in [3.8, 4) is 112 Å². The highest BCUT2D eigenvalue weighted by molar-refractivity contribution is 5.95. The minimum Gasteiger partial charge on any atom is -0.300 e. The number of nitrogens with zero attached hydrogens (tertiary/aromatic N) is 7. The summed E-state index contributed by atoms with van der Waals surface area (Å²) in [5.74, 6) is 1.61. The van der Waals surface area contributed by atoms with Crippen LogP contribution in [0.15, 0.2) is 274 Å². The minimum absolute atomic E-state index is 0.806. The summed E-state index contributed by atoms with van der Waals surface area (Å²) in [4.78, 5) is 24.3. The van der Waals surface area contributed by atoms with Crippen molar-refractivity contribution in [2.75, 3.05) is 0 Å². The van der Waals surface area contributed by atoms with Crippen molar-refractivity contribution in [3.05, 3.63) is 274 Å². The lowest BCUT2D eigenvalue weighted by molar-refractivity contribution is 1.06. The number of imidazole rings is 2. The van der Waals surface area contributed by atoms with Gasteiger partial charge in [0.15, 0.2) is 0 Å². The van der Waals surface area contributed by atoms with Crippen molar-refractivity contribution in [1.82, 2.24) is 34.1 Å². The molecule has 8 aromatic carbocycles. The van der Waals surface area contributed by atoms with Crippen LogP contribution in [-0.2, 0) is 0 Å². The third-order valence-electron chi connectivity index (χ3n) is 13.7. The molecule has 0 unspecified atom stereocenters. The highest BCUT2D eigenvalue weighted by Gasteiger charge is 2.20. The Kier molecular flexibility index (Phi) is 11.4. The monoisotopic (exact) mass is 947 g/mol. The van der Waals surface area contributed by atoms with E-state index in [0.29, 0.717) is 0 Å². The van der Waals surface area contributed by atoms with Crippen molar-refractivity contribution in [2.45, 2.75) is 0 Å². The molecular formula is C67H45N7. The minimum atomic E-state index is 0.806. The molecule has 0 bridgehead atoms. The number of hydrogen-bond acceptors (Lipinski definition) is 5. The van der Waals surface area contributed by atoms with E-state index in [2.05, 4.69) is 213 Å². The molecule has 7 nitrogen and oxygen atoms in total. The van der Waals surface area contributed by atoms with Gasteiger partial charge in [-0.3, -0.25) is 24.1 Å². The average molecular weight is 948 g/mol. The van der Waals surface area contributed by atoms with Crippen LogP contribution in [0.3, 0.4) is 0 Å². The Balaban J connectivity index is 0.968. The maximum Gasteiger partial charge on any atom is 0.144 e. The zero-order valence-corrected chi connectivity index (χ0v) is 40.1. The molecule has 0 aliphatic rings. The summed E-state index contributed by atoms with van der Waals surface area (Å²) in [6, 6.07) is 81.2. The molecule has 13 rings (SSSR count). The predicted molar refractivity (Wildman–Crippen MR) is 301 cm³/mol. The highest BCUT2D eigenvalue weighted by atomic mass is 15.1. The van der Waals surface area contributed by atoms with Gasteiger partial charge in [-0.2, -0.15) is 0 Å². The molecule has 0 saturated carbocycles. The summed E-state index contributed by atoms with van der Waals surface area (Å²) in [6.45, 7) is 0. The smallest absolute Gasteiger partial charge is 0.144 e. The Morgan fingerprint density at radius 2 is 0.730 bits per heavy atom. The topological polar surface area (TPSA) is 74.3 Å². The third kappa shape index (κ3) is 8.54. The second-order valence-corrected chi connectivity index (χ2v) is 18.2. The fourth-order valence-electron chi connectivity index (χ4n) is 10.0. The van der Waals surface area contributed by atoms with E-state index >= 15 is 0 Å². The molecule has 0 aliphatic carbocycles. The molecule has 0 N–H and O–H groups in total. The van der Waals surface area contributed by atoms with Gasteiger partial charge in [-0.1, -0.05) is 152 Å². The van der Waals surface area contributed by atoms with E-state index < -0.39 is 0 Å². The van der Waals surface area contributed by atoms with Gasteiger partial charge >= 0.3 is 0 Å². The third-order valence-corrected chi connectivity index (χ3v) is 13.7. The van der Waals surface area contributed by atoms with E-state index in [9.17, 15) is 0 Å². The summed E-state index contributed by atoms with van der Waals surface area (Å²) >= 11 is 0. The molecule has 0 spiro atoms. The molecular weight excluding hydrogens is 903 g/mol. The van der Waals surface area contributed by atoms with Gasteiger partial charge in [-0.05, 0) is 129 Å². The largest absolute Gasteiger partial charge is 0.300 e. The van der Waals surface area contributed by atoms with Crippen LogP contribution >= 0.6 is 0 Å². The number of aromatic nitrogens is 7. The Labute approximate surface area is 429 Å². The normalized spacial score (nSPS) is 11.2. The first-order chi connectivity index (χ1) is 36.7. The Hall–Kier alpha value is -10.1. The van der Waals surface area contributed by atoms with Gasteiger partial charge in [0.2, 0.25) is 0 Å². The van der Waals surface area contributed by atoms with E-state index in [1.54, 1.807) is 0 Å². The molecule has 7 heteroatoms. The maximum atomic E-state index is 5.05. The fourth-order valence-corrected chi connectivity index (χ4v) is 10.0. The van der Waals surface area contributed by atoms with E-state index in [1.165, 1.54) is 5.56 Å². The Bertz CT molecular complexity index is 3950. The quantitative estimate of drug-likeness (QED) is 0.129. The zero-order valence-electron chi connectivity index (χ0n) is 40.1. The highest BCUT2D eigenvalue weighted by Crippen LogP contribution is 2.43. The van der Waals surface area contributed by atoms with Crippen LogP contribution in [0.4, 0.5) is 0 Å². The summed E-state index contributed by atoms with van der Waals surface area (Å²) in [5.41, 5.74) is 18.6. The van der Waals surface area contributed by atoms with Crippen LogP contribution in [0.1, 0.15) is 0 Å². The van der Waals surface area contributed by atoms with Crippen LogP contribution in [-0.4, -0.2) is 34.1 Å². The summed E-state index contributed by atoms with van der Waals surface area (Å²) < 4.78 is 4.30. The second-order valence-electron chi connectivity index (χ2n) is 18.2. The zero-order chi connectivity index (χ0) is 49.2. The number of pyridine rings is 3. The van der Waals surface area contributed by atoms with Crippen molar-refractivity contribution < 1.29 is 0 Å². The van der Waals surface area contributed by atoms with Crippen LogP contribution in [0.5, 0.6) is 0 Å². The van der Waals surface area contributed by atoms with Gasteiger partial charge in [0.25, 0.3) is 0 Å². The standard InChI is InChI=1S/C67H45N7/c1-2-12-46(13-3-1)47-20-22-48(23-21-47)62-43-52(65-44-51-14-4-5-15-53(51)45-72-65)28-33-61(62)60-17-7-6-16-59(60)54-40-55(66-70-36-38-73(66)57-29-24-49(25-30-57)63-18-8-10-34-68-63)42-56(41-54)67-71-37-39-74(67)58-31-26-50(27-32-58)64-19-9-11-35-69-64/h1-45H. The average Bonchev–Trinajstić information content (AvgIpc) is 4.20. The Morgan fingerprint density at radius 3 is 1.34 bits per heavy atom. The van der Waals surface area contributed by atoms with E-state index in [1.807, 2.05) is 79.8 Å². The molecule has 0 atom stereocenters. The molecule has 0 fully saturated rings. The molecule has 5 aromatic heterocycles. The van der Waals surface area contributed by atoms with E-state index in [-0.39, 0.29) is 0 Å². The van der Waals surface area contributed by atoms with Crippen LogP contribution in [0.25, 0.3) is 123 Å². The Morgan fingerprint density at radius 1 is 0.243 bits per heavy atom. The first-order valence-corrected chi connectivity index (χ1v) is 24.7. The van der Waals surface area contributed by atoms with Crippen molar-refractivity contribution in [2.24, 2.45) is 0 Å². The van der Waals surface area contributed by atoms with Gasteiger partial charge in [0.05, 0.1) is 17.1 Å². The van der Waals surface area contributed by atoms with Gasteiger partial charge in [0.1, 0.15) is 11.6 Å². The first kappa shape index (κ1) is 43.9. The molecule has 348 valence electrons.